The normalized spacial score (nSPS) is 18.3. The number of aromatic nitrogens is 1. The summed E-state index contributed by atoms with van der Waals surface area (Å²) >= 11 is 3.25. The second-order valence-corrected chi connectivity index (χ2v) is 8.43. The molecule has 0 aliphatic carbocycles. The van der Waals surface area contributed by atoms with Crippen LogP contribution in [0.4, 0.5) is 0 Å². The van der Waals surface area contributed by atoms with Gasteiger partial charge < -0.3 is 0 Å². The zero-order chi connectivity index (χ0) is 15.5. The van der Waals surface area contributed by atoms with Crippen LogP contribution in [0.5, 0.6) is 0 Å². The van der Waals surface area contributed by atoms with Crippen molar-refractivity contribution >= 4 is 26.0 Å². The number of nitrogens with zero attached hydrogens (tertiary/aromatic N) is 2. The average Bonchev–Trinajstić information content (AvgIpc) is 2.92. The highest BCUT2D eigenvalue weighted by Crippen LogP contribution is 2.18. The minimum atomic E-state index is -3.51. The molecule has 1 unspecified atom stereocenters. The minimum Gasteiger partial charge on any atom is -0.299 e. The summed E-state index contributed by atoms with van der Waals surface area (Å²) in [6.07, 6.45) is 5.34. The molecule has 0 bridgehead atoms. The number of rotatable bonds is 6. The van der Waals surface area contributed by atoms with Crippen molar-refractivity contribution in [3.8, 4) is 0 Å². The maximum atomic E-state index is 12.3. The van der Waals surface area contributed by atoms with Crippen LogP contribution >= 0.6 is 15.9 Å². The van der Waals surface area contributed by atoms with Gasteiger partial charge >= 0.3 is 0 Å². The first-order chi connectivity index (χ1) is 9.90. The van der Waals surface area contributed by atoms with Crippen molar-refractivity contribution < 1.29 is 8.42 Å². The number of hydrogen-bond acceptors (Lipinski definition) is 4. The lowest BCUT2D eigenvalue weighted by atomic mass is 10.0. The summed E-state index contributed by atoms with van der Waals surface area (Å²) in [5.41, 5.74) is 0. The highest BCUT2D eigenvalue weighted by atomic mass is 79.9. The fraction of sp³-hybridized carbons (Fsp3) is 0.643. The summed E-state index contributed by atoms with van der Waals surface area (Å²) in [5.74, 6) is 0.409. The van der Waals surface area contributed by atoms with Crippen LogP contribution in [0.2, 0.25) is 0 Å². The summed E-state index contributed by atoms with van der Waals surface area (Å²) in [7, 11) is -3.51. The van der Waals surface area contributed by atoms with Gasteiger partial charge in [-0.3, -0.25) is 9.88 Å². The van der Waals surface area contributed by atoms with Gasteiger partial charge in [0.2, 0.25) is 10.0 Å². The number of halogens is 1. The highest BCUT2D eigenvalue weighted by Gasteiger charge is 2.26. The van der Waals surface area contributed by atoms with E-state index in [0.29, 0.717) is 16.9 Å². The van der Waals surface area contributed by atoms with Crippen molar-refractivity contribution in [2.45, 2.75) is 37.6 Å². The molecular formula is C14H22BrN3O2S. The molecule has 0 saturated carbocycles. The van der Waals surface area contributed by atoms with Crippen LogP contribution in [0.25, 0.3) is 0 Å². The Morgan fingerprint density at radius 2 is 2.00 bits per heavy atom. The van der Waals surface area contributed by atoms with E-state index in [9.17, 15) is 8.42 Å². The lowest BCUT2D eigenvalue weighted by Crippen LogP contribution is -2.45. The summed E-state index contributed by atoms with van der Waals surface area (Å²) in [4.78, 5) is 6.49. The van der Waals surface area contributed by atoms with Crippen LogP contribution in [0, 0.1) is 5.92 Å². The van der Waals surface area contributed by atoms with E-state index in [-0.39, 0.29) is 10.9 Å². The van der Waals surface area contributed by atoms with E-state index in [1.807, 2.05) is 0 Å². The first-order valence-electron chi connectivity index (χ1n) is 7.24. The molecule has 5 nitrogen and oxygen atoms in total. The summed E-state index contributed by atoms with van der Waals surface area (Å²) in [6.45, 7) is 6.83. The van der Waals surface area contributed by atoms with E-state index in [1.165, 1.54) is 19.0 Å². The van der Waals surface area contributed by atoms with Gasteiger partial charge in [0.15, 0.2) is 0 Å². The molecule has 1 N–H and O–H groups in total. The maximum Gasteiger partial charge on any atom is 0.242 e. The predicted molar refractivity (Wildman–Crippen MR) is 86.6 cm³/mol. The third kappa shape index (κ3) is 4.48. The third-order valence-electron chi connectivity index (χ3n) is 3.85. The number of nitrogens with one attached hydrogen (secondary N) is 1. The lowest BCUT2D eigenvalue weighted by Gasteiger charge is -2.30. The van der Waals surface area contributed by atoms with E-state index < -0.39 is 10.0 Å². The van der Waals surface area contributed by atoms with Crippen LogP contribution in [-0.2, 0) is 10.0 Å². The Morgan fingerprint density at radius 1 is 1.33 bits per heavy atom. The zero-order valence-electron chi connectivity index (χ0n) is 12.4. The van der Waals surface area contributed by atoms with E-state index in [1.54, 1.807) is 12.3 Å². The first kappa shape index (κ1) is 16.9. The molecule has 118 valence electrons. The van der Waals surface area contributed by atoms with Crippen molar-refractivity contribution in [2.75, 3.05) is 19.6 Å². The fourth-order valence-electron chi connectivity index (χ4n) is 2.68. The molecule has 7 heteroatoms. The monoisotopic (exact) mass is 375 g/mol. The van der Waals surface area contributed by atoms with Gasteiger partial charge in [-0.15, -0.1) is 0 Å². The van der Waals surface area contributed by atoms with E-state index in [2.05, 4.69) is 44.4 Å². The maximum absolute atomic E-state index is 12.3. The van der Waals surface area contributed by atoms with Crippen LogP contribution in [0.3, 0.4) is 0 Å². The molecule has 1 fully saturated rings. The molecule has 1 saturated heterocycles. The van der Waals surface area contributed by atoms with Crippen LogP contribution in [0.1, 0.15) is 26.7 Å². The Kier molecular flexibility index (Phi) is 5.76. The molecule has 21 heavy (non-hydrogen) atoms. The van der Waals surface area contributed by atoms with E-state index in [0.717, 1.165) is 13.1 Å². The molecule has 0 spiro atoms. The molecule has 0 aromatic carbocycles. The predicted octanol–water partition coefficient (Wildman–Crippen LogP) is 2.24. The number of pyridine rings is 1. The van der Waals surface area contributed by atoms with Gasteiger partial charge in [0.05, 0.1) is 0 Å². The lowest BCUT2D eigenvalue weighted by molar-refractivity contribution is 0.193. The van der Waals surface area contributed by atoms with Crippen molar-refractivity contribution in [3.05, 3.63) is 22.9 Å². The third-order valence-corrected chi connectivity index (χ3v) is 5.68. The van der Waals surface area contributed by atoms with Gasteiger partial charge in [-0.2, -0.15) is 0 Å². The van der Waals surface area contributed by atoms with Gasteiger partial charge in [-0.1, -0.05) is 13.8 Å². The average molecular weight is 376 g/mol. The Hall–Kier alpha value is -0.500. The van der Waals surface area contributed by atoms with Gasteiger partial charge in [-0.05, 0) is 53.8 Å². The number of sulfonamides is 1. The molecule has 1 aromatic heterocycles. The van der Waals surface area contributed by atoms with Crippen molar-refractivity contribution in [1.82, 2.24) is 14.6 Å². The Labute approximate surface area is 135 Å². The Morgan fingerprint density at radius 3 is 2.57 bits per heavy atom. The molecule has 1 aromatic rings. The molecular weight excluding hydrogens is 354 g/mol. The Bertz CT molecular complexity index is 571. The van der Waals surface area contributed by atoms with Gasteiger partial charge in [0.1, 0.15) is 4.90 Å². The second-order valence-electron chi connectivity index (χ2n) is 5.75. The summed E-state index contributed by atoms with van der Waals surface area (Å²) in [6, 6.07) is 1.80. The molecule has 0 radical (unpaired) electrons. The number of likely N-dealkylation sites (tertiary alicyclic amines) is 1. The van der Waals surface area contributed by atoms with Crippen LogP contribution < -0.4 is 4.72 Å². The topological polar surface area (TPSA) is 62.3 Å². The smallest absolute Gasteiger partial charge is 0.242 e. The first-order valence-corrected chi connectivity index (χ1v) is 9.52. The largest absolute Gasteiger partial charge is 0.299 e. The number of hydrogen-bond donors (Lipinski definition) is 1. The van der Waals surface area contributed by atoms with E-state index >= 15 is 0 Å². The van der Waals surface area contributed by atoms with Crippen molar-refractivity contribution in [3.63, 3.8) is 0 Å². The standard InChI is InChI=1S/C14H22BrN3O2S/c1-11(2)14(18-5-3-4-6-18)10-17-21(19,20)13-7-12(15)8-16-9-13/h7-9,11,14,17H,3-6,10H2,1-2H3. The van der Waals surface area contributed by atoms with Crippen molar-refractivity contribution in [2.24, 2.45) is 5.92 Å². The van der Waals surface area contributed by atoms with Crippen LogP contribution in [-0.4, -0.2) is 44.0 Å². The SMILES string of the molecule is CC(C)C(CNS(=O)(=O)c1cncc(Br)c1)N1CCCC1. The molecule has 2 rings (SSSR count). The second kappa shape index (κ2) is 7.17. The summed E-state index contributed by atoms with van der Waals surface area (Å²) < 4.78 is 28.1. The van der Waals surface area contributed by atoms with E-state index in [4.69, 9.17) is 0 Å². The zero-order valence-corrected chi connectivity index (χ0v) is 14.8. The quantitative estimate of drug-likeness (QED) is 0.827. The molecule has 0 amide bonds. The summed E-state index contributed by atoms with van der Waals surface area (Å²) in [5, 5.41) is 0. The molecule has 1 atom stereocenters. The Balaban J connectivity index is 2.05. The highest BCUT2D eigenvalue weighted by molar-refractivity contribution is 9.10. The van der Waals surface area contributed by atoms with Gasteiger partial charge in [-0.25, -0.2) is 13.1 Å². The molecule has 1 aliphatic heterocycles. The van der Waals surface area contributed by atoms with Crippen molar-refractivity contribution in [1.29, 1.82) is 0 Å². The van der Waals surface area contributed by atoms with Gasteiger partial charge in [0, 0.05) is 29.5 Å². The van der Waals surface area contributed by atoms with Crippen LogP contribution in [0.15, 0.2) is 27.8 Å². The molecule has 1 aliphatic rings. The van der Waals surface area contributed by atoms with Gasteiger partial charge in [0.25, 0.3) is 0 Å². The minimum absolute atomic E-state index is 0.195. The molecule has 2 heterocycles. The fourth-order valence-corrected chi connectivity index (χ4v) is 4.23.